The summed E-state index contributed by atoms with van der Waals surface area (Å²) in [6, 6.07) is 3.22. The Morgan fingerprint density at radius 1 is 1.62 bits per heavy atom. The first-order chi connectivity index (χ1) is 6.02. The predicted octanol–water partition coefficient (Wildman–Crippen LogP) is 3.02. The predicted molar refractivity (Wildman–Crippen MR) is 67.5 cm³/mol. The number of hydrogen-bond donors (Lipinski definition) is 0. The number of rotatable bonds is 4. The fraction of sp³-hybridized carbons (Fsp3) is 0.750. The number of thiocarbonyl (C=S) groups is 1. The third-order valence-corrected chi connectivity index (χ3v) is 4.21. The zero-order valence-corrected chi connectivity index (χ0v) is 11.2. The Balaban J connectivity index is 3.70. The highest BCUT2D eigenvalue weighted by Crippen LogP contribution is 2.30. The molecule has 5 heteroatoms. The normalized spacial score (nSPS) is 10.9. The molecule has 1 nitrogen and oxygen atoms in total. The molecule has 0 fully saturated rings. The van der Waals surface area contributed by atoms with Gasteiger partial charge in [0.1, 0.15) is 8.28 Å². The van der Waals surface area contributed by atoms with Crippen molar-refractivity contribution in [1.29, 1.82) is 5.26 Å². The van der Waals surface area contributed by atoms with Crippen molar-refractivity contribution in [3.05, 3.63) is 0 Å². The summed E-state index contributed by atoms with van der Waals surface area (Å²) in [6.07, 6.45) is 1.11. The van der Waals surface area contributed by atoms with Crippen molar-refractivity contribution in [2.24, 2.45) is 0 Å². The first-order valence-corrected chi connectivity index (χ1v) is 6.85. The van der Waals surface area contributed by atoms with Gasteiger partial charge in [0.05, 0.1) is 6.07 Å². The van der Waals surface area contributed by atoms with Crippen LogP contribution in [0.25, 0.3) is 0 Å². The van der Waals surface area contributed by atoms with Crippen molar-refractivity contribution < 1.29 is 0 Å². The molecule has 0 N–H and O–H groups in total. The Hall–Kier alpha value is 0.497. The molecular formula is C8H12NS3Si. The molecule has 0 atom stereocenters. The van der Waals surface area contributed by atoms with Crippen LogP contribution < -0.4 is 0 Å². The largest absolute Gasteiger partial charge is 0.197 e. The molecule has 0 bridgehead atoms. The van der Waals surface area contributed by atoms with E-state index in [4.69, 9.17) is 17.5 Å². The number of nitriles is 1. The summed E-state index contributed by atoms with van der Waals surface area (Å²) in [4.78, 5) is 0. The van der Waals surface area contributed by atoms with Gasteiger partial charge in [0.2, 0.25) is 0 Å². The van der Waals surface area contributed by atoms with Crippen LogP contribution in [-0.4, -0.2) is 24.3 Å². The van der Waals surface area contributed by atoms with Crippen LogP contribution in [0.15, 0.2) is 0 Å². The van der Waals surface area contributed by atoms with Gasteiger partial charge in [0, 0.05) is 10.2 Å². The van der Waals surface area contributed by atoms with E-state index in [1.54, 1.807) is 11.8 Å². The quantitative estimate of drug-likeness (QED) is 0.432. The third-order valence-electron chi connectivity index (χ3n) is 1.15. The van der Waals surface area contributed by atoms with Crippen molar-refractivity contribution in [3.8, 4) is 6.07 Å². The Bertz CT molecular complexity index is 210. The van der Waals surface area contributed by atoms with E-state index < -0.39 is 4.75 Å². The summed E-state index contributed by atoms with van der Waals surface area (Å²) in [5.74, 6) is 1.02. The molecule has 0 aliphatic rings. The van der Waals surface area contributed by atoms with Gasteiger partial charge in [-0.15, -0.1) is 11.8 Å². The molecule has 0 saturated carbocycles. The van der Waals surface area contributed by atoms with Crippen molar-refractivity contribution in [2.75, 3.05) is 5.75 Å². The van der Waals surface area contributed by atoms with Gasteiger partial charge >= 0.3 is 0 Å². The van der Waals surface area contributed by atoms with E-state index in [-0.39, 0.29) is 0 Å². The summed E-state index contributed by atoms with van der Waals surface area (Å²) < 4.78 is 0.476. The standard InChI is InChI=1S/C8H12NS3Si/c1-8(2,6-9)12-7(10)11-4-3-5-13/h3-5H2,1-2H3. The third kappa shape index (κ3) is 7.56. The van der Waals surface area contributed by atoms with Gasteiger partial charge in [0.25, 0.3) is 0 Å². The minimum absolute atomic E-state index is 0.391. The van der Waals surface area contributed by atoms with Crippen LogP contribution in [0.5, 0.6) is 0 Å². The summed E-state index contributed by atoms with van der Waals surface area (Å²) in [6.45, 7) is 3.77. The van der Waals surface area contributed by atoms with Gasteiger partial charge in [0.15, 0.2) is 0 Å². The van der Waals surface area contributed by atoms with Crippen LogP contribution in [0.3, 0.4) is 0 Å². The van der Waals surface area contributed by atoms with E-state index in [9.17, 15) is 0 Å². The molecule has 0 aromatic heterocycles. The van der Waals surface area contributed by atoms with E-state index in [2.05, 4.69) is 16.3 Å². The topological polar surface area (TPSA) is 23.8 Å². The lowest BCUT2D eigenvalue weighted by Gasteiger charge is -2.14. The molecule has 0 saturated heterocycles. The summed E-state index contributed by atoms with van der Waals surface area (Å²) in [5.41, 5.74) is 0. The highest BCUT2D eigenvalue weighted by atomic mass is 32.2. The molecule has 13 heavy (non-hydrogen) atoms. The second-order valence-electron chi connectivity index (χ2n) is 2.93. The lowest BCUT2D eigenvalue weighted by Crippen LogP contribution is -2.12. The van der Waals surface area contributed by atoms with Gasteiger partial charge in [-0.2, -0.15) is 5.26 Å². The number of nitrogens with zero attached hydrogens (tertiary/aromatic N) is 1. The molecule has 0 aliphatic heterocycles. The van der Waals surface area contributed by atoms with E-state index >= 15 is 0 Å². The molecule has 3 radical (unpaired) electrons. The van der Waals surface area contributed by atoms with Crippen molar-refractivity contribution in [1.82, 2.24) is 0 Å². The number of hydrogen-bond acceptors (Lipinski definition) is 4. The highest BCUT2D eigenvalue weighted by molar-refractivity contribution is 8.47. The average Bonchev–Trinajstić information content (AvgIpc) is 2.04. The maximum absolute atomic E-state index is 8.77. The first-order valence-electron chi connectivity index (χ1n) is 3.93. The highest BCUT2D eigenvalue weighted by Gasteiger charge is 2.19. The van der Waals surface area contributed by atoms with Crippen molar-refractivity contribution >= 4 is 49.5 Å². The fourth-order valence-electron chi connectivity index (χ4n) is 0.488. The summed E-state index contributed by atoms with van der Waals surface area (Å²) in [7, 11) is 3.40. The SMILES string of the molecule is CC(C)(C#N)SC(=S)SCCC[Si]. The second-order valence-corrected chi connectivity index (χ2v) is 7.35. The maximum Gasteiger partial charge on any atom is 0.105 e. The molecule has 0 unspecified atom stereocenters. The van der Waals surface area contributed by atoms with E-state index in [0.717, 1.165) is 21.7 Å². The lowest BCUT2D eigenvalue weighted by molar-refractivity contribution is 0.921. The smallest absolute Gasteiger partial charge is 0.105 e. The summed E-state index contributed by atoms with van der Waals surface area (Å²) in [5, 5.41) is 8.77. The molecule has 0 rings (SSSR count). The van der Waals surface area contributed by atoms with Gasteiger partial charge in [-0.05, 0) is 26.0 Å². The Kier molecular flexibility index (Phi) is 7.14. The Morgan fingerprint density at radius 2 is 2.23 bits per heavy atom. The fourth-order valence-corrected chi connectivity index (χ4v) is 3.82. The van der Waals surface area contributed by atoms with Crippen LogP contribution >= 0.6 is 35.7 Å². The molecule has 0 aromatic carbocycles. The van der Waals surface area contributed by atoms with E-state index in [1.165, 1.54) is 11.8 Å². The van der Waals surface area contributed by atoms with Crippen LogP contribution in [0, 0.1) is 11.3 Å². The molecule has 0 heterocycles. The van der Waals surface area contributed by atoms with Crippen LogP contribution in [0.2, 0.25) is 6.04 Å². The minimum atomic E-state index is -0.391. The second kappa shape index (κ2) is 6.88. The van der Waals surface area contributed by atoms with E-state index in [1.807, 2.05) is 13.8 Å². The molecular weight excluding hydrogens is 234 g/mol. The van der Waals surface area contributed by atoms with Crippen LogP contribution in [-0.2, 0) is 0 Å². The first kappa shape index (κ1) is 13.5. The van der Waals surface area contributed by atoms with Crippen LogP contribution in [0.1, 0.15) is 20.3 Å². The summed E-state index contributed by atoms with van der Waals surface area (Å²) >= 11 is 8.27. The van der Waals surface area contributed by atoms with Crippen molar-refractivity contribution in [3.63, 3.8) is 0 Å². The Morgan fingerprint density at radius 3 is 2.69 bits per heavy atom. The number of thioether (sulfide) groups is 2. The van der Waals surface area contributed by atoms with Gasteiger partial charge in [-0.1, -0.05) is 30.0 Å². The molecule has 0 aliphatic carbocycles. The van der Waals surface area contributed by atoms with E-state index in [0.29, 0.717) is 0 Å². The average molecular weight is 246 g/mol. The zero-order valence-electron chi connectivity index (χ0n) is 7.79. The maximum atomic E-state index is 8.77. The monoisotopic (exact) mass is 246 g/mol. The molecule has 71 valence electrons. The molecule has 0 spiro atoms. The van der Waals surface area contributed by atoms with Crippen LogP contribution in [0.4, 0.5) is 0 Å². The van der Waals surface area contributed by atoms with Crippen molar-refractivity contribution in [2.45, 2.75) is 31.1 Å². The van der Waals surface area contributed by atoms with Gasteiger partial charge in [-0.3, -0.25) is 0 Å². The van der Waals surface area contributed by atoms with Gasteiger partial charge < -0.3 is 0 Å². The zero-order chi connectivity index (χ0) is 10.3. The lowest BCUT2D eigenvalue weighted by atomic mass is 10.2. The minimum Gasteiger partial charge on any atom is -0.197 e. The van der Waals surface area contributed by atoms with Gasteiger partial charge in [-0.25, -0.2) is 0 Å². The molecule has 0 aromatic rings. The molecule has 0 amide bonds. The Labute approximate surface area is 97.5 Å².